The smallest absolute Gasteiger partial charge is 0.0575 e. The van der Waals surface area contributed by atoms with Crippen LogP contribution in [0.25, 0.3) is 0 Å². The third-order valence-corrected chi connectivity index (χ3v) is 4.32. The van der Waals surface area contributed by atoms with Gasteiger partial charge in [0, 0.05) is 11.2 Å². The van der Waals surface area contributed by atoms with Crippen molar-refractivity contribution in [1.82, 2.24) is 0 Å². The molecule has 0 amide bonds. The Hall–Kier alpha value is -0.340. The van der Waals surface area contributed by atoms with Crippen molar-refractivity contribution in [3.8, 4) is 0 Å². The summed E-state index contributed by atoms with van der Waals surface area (Å²) in [6, 6.07) is 10.7. The summed E-state index contributed by atoms with van der Waals surface area (Å²) in [4.78, 5) is 0. The van der Waals surface area contributed by atoms with E-state index in [4.69, 9.17) is 4.74 Å². The summed E-state index contributed by atoms with van der Waals surface area (Å²) < 4.78 is 6.06. The third kappa shape index (κ3) is 4.11. The SMILES string of the molecule is BrCC(COC1CCCCC1)c1ccccc1. The maximum absolute atomic E-state index is 6.06. The zero-order valence-corrected chi connectivity index (χ0v) is 11.9. The summed E-state index contributed by atoms with van der Waals surface area (Å²) in [6.45, 7) is 0.847. The largest absolute Gasteiger partial charge is 0.378 e. The minimum atomic E-state index is 0.484. The van der Waals surface area contributed by atoms with Crippen molar-refractivity contribution in [2.75, 3.05) is 11.9 Å². The Morgan fingerprint density at radius 2 is 1.82 bits per heavy atom. The van der Waals surface area contributed by atoms with Gasteiger partial charge in [-0.2, -0.15) is 0 Å². The maximum Gasteiger partial charge on any atom is 0.0575 e. The predicted molar refractivity (Wildman–Crippen MR) is 75.8 cm³/mol. The second-order valence-electron chi connectivity index (χ2n) is 4.86. The monoisotopic (exact) mass is 296 g/mol. The standard InChI is InChI=1S/C15H21BrO/c16-11-14(13-7-3-1-4-8-13)12-17-15-9-5-2-6-10-15/h1,3-4,7-8,14-15H,2,5-6,9-12H2. The lowest BCUT2D eigenvalue weighted by molar-refractivity contribution is 0.0227. The topological polar surface area (TPSA) is 9.23 Å². The molecule has 0 saturated heterocycles. The highest BCUT2D eigenvalue weighted by molar-refractivity contribution is 9.09. The summed E-state index contributed by atoms with van der Waals surface area (Å²) in [5.41, 5.74) is 1.38. The van der Waals surface area contributed by atoms with Crippen molar-refractivity contribution in [3.63, 3.8) is 0 Å². The number of alkyl halides is 1. The molecule has 0 heterocycles. The first kappa shape index (κ1) is 13.1. The van der Waals surface area contributed by atoms with Gasteiger partial charge in [-0.15, -0.1) is 0 Å². The van der Waals surface area contributed by atoms with Crippen LogP contribution >= 0.6 is 15.9 Å². The molecule has 1 saturated carbocycles. The fraction of sp³-hybridized carbons (Fsp3) is 0.600. The van der Waals surface area contributed by atoms with Crippen molar-refractivity contribution < 1.29 is 4.74 Å². The minimum Gasteiger partial charge on any atom is -0.378 e. The second kappa shape index (κ2) is 7.17. The molecule has 17 heavy (non-hydrogen) atoms. The number of benzene rings is 1. The van der Waals surface area contributed by atoms with Crippen molar-refractivity contribution in [1.29, 1.82) is 0 Å². The summed E-state index contributed by atoms with van der Waals surface area (Å²) in [6.07, 6.45) is 7.09. The van der Waals surface area contributed by atoms with Gasteiger partial charge >= 0.3 is 0 Å². The number of halogens is 1. The molecule has 94 valence electrons. The van der Waals surface area contributed by atoms with Gasteiger partial charge < -0.3 is 4.74 Å². The molecule has 0 spiro atoms. The Labute approximate surface area is 113 Å². The molecule has 1 fully saturated rings. The highest BCUT2D eigenvalue weighted by Gasteiger charge is 2.16. The first-order valence-corrected chi connectivity index (χ1v) is 7.75. The van der Waals surface area contributed by atoms with E-state index in [1.807, 2.05) is 0 Å². The number of hydrogen-bond donors (Lipinski definition) is 0. The van der Waals surface area contributed by atoms with Crippen LogP contribution < -0.4 is 0 Å². The van der Waals surface area contributed by atoms with Crippen LogP contribution in [0.5, 0.6) is 0 Å². The van der Waals surface area contributed by atoms with Crippen LogP contribution in [0.1, 0.15) is 43.6 Å². The van der Waals surface area contributed by atoms with E-state index in [0.29, 0.717) is 12.0 Å². The molecule has 1 aromatic carbocycles. The van der Waals surface area contributed by atoms with Gasteiger partial charge in [-0.05, 0) is 18.4 Å². The molecule has 0 aromatic heterocycles. The molecule has 2 heteroatoms. The highest BCUT2D eigenvalue weighted by Crippen LogP contribution is 2.24. The van der Waals surface area contributed by atoms with Crippen LogP contribution in [0.2, 0.25) is 0 Å². The van der Waals surface area contributed by atoms with E-state index in [0.717, 1.165) is 11.9 Å². The fourth-order valence-electron chi connectivity index (χ4n) is 2.44. The Morgan fingerprint density at radius 1 is 1.12 bits per heavy atom. The normalized spacial score (nSPS) is 19.1. The van der Waals surface area contributed by atoms with Crippen molar-refractivity contribution in [2.45, 2.75) is 44.1 Å². The molecule has 0 radical (unpaired) electrons. The van der Waals surface area contributed by atoms with E-state index in [9.17, 15) is 0 Å². The van der Waals surface area contributed by atoms with E-state index < -0.39 is 0 Å². The van der Waals surface area contributed by atoms with Crippen LogP contribution in [0.4, 0.5) is 0 Å². The predicted octanol–water partition coefficient (Wildman–Crippen LogP) is 4.51. The van der Waals surface area contributed by atoms with E-state index in [1.165, 1.54) is 37.7 Å². The summed E-state index contributed by atoms with van der Waals surface area (Å²) >= 11 is 3.60. The molecule has 1 aliphatic carbocycles. The first-order chi connectivity index (χ1) is 8.40. The average molecular weight is 297 g/mol. The van der Waals surface area contributed by atoms with Gasteiger partial charge in [0.2, 0.25) is 0 Å². The zero-order valence-electron chi connectivity index (χ0n) is 10.3. The Kier molecular flexibility index (Phi) is 5.53. The van der Waals surface area contributed by atoms with Crippen LogP contribution in [0.3, 0.4) is 0 Å². The molecule has 0 aliphatic heterocycles. The quantitative estimate of drug-likeness (QED) is 0.726. The Balaban J connectivity index is 1.83. The van der Waals surface area contributed by atoms with Crippen LogP contribution in [-0.4, -0.2) is 18.0 Å². The van der Waals surface area contributed by atoms with Crippen LogP contribution in [0, 0.1) is 0 Å². The third-order valence-electron chi connectivity index (χ3n) is 3.54. The molecular formula is C15H21BrO. The van der Waals surface area contributed by atoms with E-state index in [1.54, 1.807) is 0 Å². The second-order valence-corrected chi connectivity index (χ2v) is 5.50. The Morgan fingerprint density at radius 3 is 2.47 bits per heavy atom. The lowest BCUT2D eigenvalue weighted by Gasteiger charge is -2.24. The fourth-order valence-corrected chi connectivity index (χ4v) is 3.00. The minimum absolute atomic E-state index is 0.484. The van der Waals surface area contributed by atoms with Gasteiger partial charge in [0.15, 0.2) is 0 Å². The van der Waals surface area contributed by atoms with Gasteiger partial charge in [-0.3, -0.25) is 0 Å². The van der Waals surface area contributed by atoms with E-state index in [2.05, 4.69) is 46.3 Å². The molecule has 1 nitrogen and oxygen atoms in total. The van der Waals surface area contributed by atoms with Gasteiger partial charge in [0.25, 0.3) is 0 Å². The van der Waals surface area contributed by atoms with Crippen LogP contribution in [-0.2, 0) is 4.74 Å². The molecule has 0 bridgehead atoms. The Bertz CT molecular complexity index is 306. The molecule has 2 rings (SSSR count). The van der Waals surface area contributed by atoms with Gasteiger partial charge in [0.1, 0.15) is 0 Å². The molecule has 1 aromatic rings. The molecule has 0 N–H and O–H groups in total. The van der Waals surface area contributed by atoms with Gasteiger partial charge in [0.05, 0.1) is 12.7 Å². The van der Waals surface area contributed by atoms with E-state index >= 15 is 0 Å². The molecule has 1 aliphatic rings. The number of hydrogen-bond acceptors (Lipinski definition) is 1. The lowest BCUT2D eigenvalue weighted by atomic mass is 9.97. The summed E-state index contributed by atoms with van der Waals surface area (Å²) in [5, 5.41) is 0.976. The lowest BCUT2D eigenvalue weighted by Crippen LogP contribution is -2.20. The maximum atomic E-state index is 6.06. The van der Waals surface area contributed by atoms with E-state index in [-0.39, 0.29) is 0 Å². The summed E-state index contributed by atoms with van der Waals surface area (Å²) in [5.74, 6) is 0.484. The van der Waals surface area contributed by atoms with Crippen molar-refractivity contribution in [2.24, 2.45) is 0 Å². The van der Waals surface area contributed by atoms with Gasteiger partial charge in [-0.25, -0.2) is 0 Å². The molecular weight excluding hydrogens is 276 g/mol. The molecule has 1 atom stereocenters. The van der Waals surface area contributed by atoms with Crippen molar-refractivity contribution in [3.05, 3.63) is 35.9 Å². The number of ether oxygens (including phenoxy) is 1. The summed E-state index contributed by atoms with van der Waals surface area (Å²) in [7, 11) is 0. The zero-order chi connectivity index (χ0) is 11.9. The van der Waals surface area contributed by atoms with Gasteiger partial charge in [-0.1, -0.05) is 65.5 Å². The number of rotatable bonds is 5. The van der Waals surface area contributed by atoms with Crippen molar-refractivity contribution >= 4 is 15.9 Å². The highest BCUT2D eigenvalue weighted by atomic mass is 79.9. The van der Waals surface area contributed by atoms with Crippen LogP contribution in [0.15, 0.2) is 30.3 Å². The average Bonchev–Trinajstić information content (AvgIpc) is 2.42. The molecule has 1 unspecified atom stereocenters. The first-order valence-electron chi connectivity index (χ1n) is 6.62.